The number of nitrogens with two attached hydrogens (primary N) is 1. The van der Waals surface area contributed by atoms with E-state index in [9.17, 15) is 4.79 Å². The van der Waals surface area contributed by atoms with E-state index in [0.29, 0.717) is 6.54 Å². The summed E-state index contributed by atoms with van der Waals surface area (Å²) >= 11 is 1.75. The van der Waals surface area contributed by atoms with Crippen LogP contribution in [0.25, 0.3) is 0 Å². The number of benzene rings is 1. The molecule has 2 unspecified atom stereocenters. The molecule has 124 valence electrons. The van der Waals surface area contributed by atoms with Crippen LogP contribution in [0.3, 0.4) is 0 Å². The predicted octanol–water partition coefficient (Wildman–Crippen LogP) is 3.61. The lowest BCUT2D eigenvalue weighted by Crippen LogP contribution is -2.42. The molecule has 1 aromatic carbocycles. The van der Waals surface area contributed by atoms with E-state index < -0.39 is 0 Å². The first-order valence-corrected chi connectivity index (χ1v) is 8.92. The van der Waals surface area contributed by atoms with Crippen molar-refractivity contribution in [3.63, 3.8) is 0 Å². The van der Waals surface area contributed by atoms with Gasteiger partial charge in [0.2, 0.25) is 5.91 Å². The fraction of sp³-hybridized carbons (Fsp3) is 0.421. The molecule has 2 N–H and O–H groups in total. The summed E-state index contributed by atoms with van der Waals surface area (Å²) in [6, 6.07) is 14.4. The Bertz CT molecular complexity index is 621. The van der Waals surface area contributed by atoms with Crippen LogP contribution in [0.1, 0.15) is 29.2 Å². The van der Waals surface area contributed by atoms with Gasteiger partial charge in [-0.1, -0.05) is 37.3 Å². The second-order valence-electron chi connectivity index (χ2n) is 6.16. The van der Waals surface area contributed by atoms with Crippen LogP contribution in [0, 0.1) is 12.8 Å². The van der Waals surface area contributed by atoms with Crippen LogP contribution in [-0.4, -0.2) is 23.4 Å². The summed E-state index contributed by atoms with van der Waals surface area (Å²) in [5.74, 6) is -0.0196. The number of hydrogen-bond acceptors (Lipinski definition) is 3. The van der Waals surface area contributed by atoms with Crippen molar-refractivity contribution in [1.29, 1.82) is 0 Å². The Morgan fingerprint density at radius 1 is 1.17 bits per heavy atom. The third kappa shape index (κ3) is 5.19. The minimum Gasteiger partial charge on any atom is -0.337 e. The number of carbonyl (C=O) groups is 1. The minimum absolute atomic E-state index is 0.133. The van der Waals surface area contributed by atoms with Gasteiger partial charge in [0, 0.05) is 22.3 Å². The van der Waals surface area contributed by atoms with Gasteiger partial charge in [0.15, 0.2) is 0 Å². The van der Waals surface area contributed by atoms with E-state index in [-0.39, 0.29) is 17.9 Å². The third-order valence-corrected chi connectivity index (χ3v) is 5.13. The molecule has 1 amide bonds. The highest BCUT2D eigenvalue weighted by atomic mass is 32.1. The van der Waals surface area contributed by atoms with E-state index in [0.717, 1.165) is 13.0 Å². The van der Waals surface area contributed by atoms with Gasteiger partial charge in [-0.25, -0.2) is 0 Å². The largest absolute Gasteiger partial charge is 0.337 e. The van der Waals surface area contributed by atoms with Gasteiger partial charge >= 0.3 is 0 Å². The Labute approximate surface area is 143 Å². The van der Waals surface area contributed by atoms with Crippen molar-refractivity contribution >= 4 is 17.2 Å². The lowest BCUT2D eigenvalue weighted by atomic mass is 10.0. The summed E-state index contributed by atoms with van der Waals surface area (Å²) in [5.41, 5.74) is 7.19. The zero-order chi connectivity index (χ0) is 16.8. The molecule has 1 aromatic heterocycles. The second kappa shape index (κ2) is 8.27. The number of rotatable bonds is 7. The van der Waals surface area contributed by atoms with Crippen molar-refractivity contribution in [1.82, 2.24) is 4.90 Å². The first-order valence-electron chi connectivity index (χ1n) is 8.11. The molecule has 1 heterocycles. The highest BCUT2D eigenvalue weighted by molar-refractivity contribution is 7.11. The lowest BCUT2D eigenvalue weighted by Gasteiger charge is -2.27. The van der Waals surface area contributed by atoms with Crippen molar-refractivity contribution < 1.29 is 4.79 Å². The molecule has 0 fully saturated rings. The zero-order valence-electron chi connectivity index (χ0n) is 14.2. The summed E-state index contributed by atoms with van der Waals surface area (Å²) in [5, 5.41) is 0. The van der Waals surface area contributed by atoms with E-state index in [1.54, 1.807) is 11.3 Å². The molecular weight excluding hydrogens is 304 g/mol. The number of carbonyl (C=O) groups excluding carboxylic acids is 1. The summed E-state index contributed by atoms with van der Waals surface area (Å²) in [6.45, 7) is 7.29. The molecular formula is C19H26N2OS. The topological polar surface area (TPSA) is 46.3 Å². The van der Waals surface area contributed by atoms with Crippen molar-refractivity contribution in [3.8, 4) is 0 Å². The summed E-state index contributed by atoms with van der Waals surface area (Å²) < 4.78 is 0. The summed E-state index contributed by atoms with van der Waals surface area (Å²) in [6.07, 6.45) is 0.864. The second-order valence-corrected chi connectivity index (χ2v) is 7.53. The normalized spacial score (nSPS) is 13.6. The molecule has 23 heavy (non-hydrogen) atoms. The Morgan fingerprint density at radius 3 is 2.43 bits per heavy atom. The smallest absolute Gasteiger partial charge is 0.227 e. The maximum atomic E-state index is 12.8. The molecule has 0 aliphatic carbocycles. The maximum Gasteiger partial charge on any atom is 0.227 e. The van der Waals surface area contributed by atoms with Gasteiger partial charge in [0.1, 0.15) is 0 Å². The highest BCUT2D eigenvalue weighted by Gasteiger charge is 2.23. The van der Waals surface area contributed by atoms with Crippen LogP contribution in [-0.2, 0) is 17.8 Å². The number of amides is 1. The standard InChI is InChI=1S/C19H26N2OS/c1-14-9-10-18(23-14)13-21(19(22)15(2)16(3)20)12-11-17-7-5-4-6-8-17/h4-10,15-16H,11-13,20H2,1-3H3. The van der Waals surface area contributed by atoms with E-state index in [1.165, 1.54) is 15.3 Å². The number of nitrogens with zero attached hydrogens (tertiary/aromatic N) is 1. The van der Waals surface area contributed by atoms with Crippen molar-refractivity contribution in [2.24, 2.45) is 11.7 Å². The Balaban J connectivity index is 2.08. The van der Waals surface area contributed by atoms with Gasteiger partial charge in [-0.3, -0.25) is 4.79 Å². The van der Waals surface area contributed by atoms with Crippen molar-refractivity contribution in [3.05, 3.63) is 57.8 Å². The molecule has 0 saturated carbocycles. The molecule has 0 bridgehead atoms. The van der Waals surface area contributed by atoms with Gasteiger partial charge < -0.3 is 10.6 Å². The van der Waals surface area contributed by atoms with E-state index in [4.69, 9.17) is 5.73 Å². The molecule has 0 spiro atoms. The van der Waals surface area contributed by atoms with Crippen molar-refractivity contribution in [2.75, 3.05) is 6.54 Å². The Hall–Kier alpha value is -1.65. The molecule has 0 radical (unpaired) electrons. The quantitative estimate of drug-likeness (QED) is 0.843. The fourth-order valence-corrected chi connectivity index (χ4v) is 3.35. The SMILES string of the molecule is Cc1ccc(CN(CCc2ccccc2)C(=O)C(C)C(C)N)s1. The van der Waals surface area contributed by atoms with Gasteiger partial charge in [0.25, 0.3) is 0 Å². The molecule has 2 rings (SSSR count). The third-order valence-electron chi connectivity index (χ3n) is 4.15. The first kappa shape index (κ1) is 17.7. The van der Waals surface area contributed by atoms with E-state index >= 15 is 0 Å². The fourth-order valence-electron chi connectivity index (χ4n) is 2.45. The summed E-state index contributed by atoms with van der Waals surface area (Å²) in [7, 11) is 0. The van der Waals surface area contributed by atoms with Crippen LogP contribution >= 0.6 is 11.3 Å². The Morgan fingerprint density at radius 2 is 1.87 bits per heavy atom. The molecule has 2 aromatic rings. The Kier molecular flexibility index (Phi) is 6.37. The van der Waals surface area contributed by atoms with Gasteiger partial charge in [-0.15, -0.1) is 11.3 Å². The maximum absolute atomic E-state index is 12.8. The minimum atomic E-state index is -0.160. The summed E-state index contributed by atoms with van der Waals surface area (Å²) in [4.78, 5) is 17.2. The number of thiophene rings is 1. The van der Waals surface area contributed by atoms with Crippen LogP contribution < -0.4 is 5.73 Å². The van der Waals surface area contributed by atoms with E-state index in [1.807, 2.05) is 36.9 Å². The molecule has 0 aliphatic heterocycles. The predicted molar refractivity (Wildman–Crippen MR) is 97.4 cm³/mol. The molecule has 3 nitrogen and oxygen atoms in total. The molecule has 0 saturated heterocycles. The van der Waals surface area contributed by atoms with Gasteiger partial charge in [-0.2, -0.15) is 0 Å². The highest BCUT2D eigenvalue weighted by Crippen LogP contribution is 2.19. The lowest BCUT2D eigenvalue weighted by molar-refractivity contribution is -0.136. The molecule has 4 heteroatoms. The average molecular weight is 330 g/mol. The monoisotopic (exact) mass is 330 g/mol. The molecule has 2 atom stereocenters. The number of hydrogen-bond donors (Lipinski definition) is 1. The van der Waals surface area contributed by atoms with E-state index in [2.05, 4.69) is 31.2 Å². The van der Waals surface area contributed by atoms with Crippen LogP contribution in [0.15, 0.2) is 42.5 Å². The first-order chi connectivity index (χ1) is 11.0. The van der Waals surface area contributed by atoms with Gasteiger partial charge in [-0.05, 0) is 38.0 Å². The van der Waals surface area contributed by atoms with Crippen molar-refractivity contribution in [2.45, 2.75) is 39.8 Å². The molecule has 0 aliphatic rings. The van der Waals surface area contributed by atoms with Gasteiger partial charge in [0.05, 0.1) is 12.5 Å². The van der Waals surface area contributed by atoms with Crippen LogP contribution in [0.4, 0.5) is 0 Å². The average Bonchev–Trinajstić information content (AvgIpc) is 2.96. The number of aryl methyl sites for hydroxylation is 1. The van der Waals surface area contributed by atoms with Crippen LogP contribution in [0.2, 0.25) is 0 Å². The van der Waals surface area contributed by atoms with Crippen LogP contribution in [0.5, 0.6) is 0 Å². The zero-order valence-corrected chi connectivity index (χ0v) is 15.0.